The molecule has 0 saturated heterocycles. The van der Waals surface area contributed by atoms with E-state index in [1.54, 1.807) is 0 Å². The third-order valence-electron chi connectivity index (χ3n) is 6.63. The van der Waals surface area contributed by atoms with Gasteiger partial charge in [0.15, 0.2) is 5.78 Å². The first kappa shape index (κ1) is 31.1. The maximum Gasteiger partial charge on any atom is 0.159 e. The first-order chi connectivity index (χ1) is 16.0. The number of Topliss-reactive ketones (excluding diaryl/α,β-unsaturated/α-hetero) is 1. The van der Waals surface area contributed by atoms with E-state index in [4.69, 9.17) is 0 Å². The van der Waals surface area contributed by atoms with Crippen molar-refractivity contribution in [2.24, 2.45) is 5.92 Å². The number of rotatable bonds is 5. The highest BCUT2D eigenvalue weighted by Crippen LogP contribution is 2.33. The second-order valence-electron chi connectivity index (χ2n) is 8.70. The molecule has 0 aliphatic heterocycles. The van der Waals surface area contributed by atoms with Gasteiger partial charge in [-0.25, -0.2) is 0 Å². The smallest absolute Gasteiger partial charge is 0.159 e. The second kappa shape index (κ2) is 18.5. The van der Waals surface area contributed by atoms with Gasteiger partial charge < -0.3 is 0 Å². The van der Waals surface area contributed by atoms with Crippen molar-refractivity contribution in [2.45, 2.75) is 120 Å². The van der Waals surface area contributed by atoms with E-state index in [-0.39, 0.29) is 1.43 Å². The Kier molecular flexibility index (Phi) is 17.5. The summed E-state index contributed by atoms with van der Waals surface area (Å²) in [6.45, 7) is 18.8. The quantitative estimate of drug-likeness (QED) is 0.432. The predicted octanol–water partition coefficient (Wildman–Crippen LogP) is 10.6. The molecule has 1 saturated carbocycles. The van der Waals surface area contributed by atoms with E-state index in [2.05, 4.69) is 70.2 Å². The Hall–Kier alpha value is -1.89. The van der Waals surface area contributed by atoms with Crippen LogP contribution in [0.3, 0.4) is 0 Å². The molecule has 1 nitrogen and oxygen atoms in total. The number of carbonyl (C=O) groups excluding carboxylic acids is 1. The van der Waals surface area contributed by atoms with E-state index in [1.165, 1.54) is 60.8 Å². The lowest BCUT2D eigenvalue weighted by molar-refractivity contribution is -0.116. The summed E-state index contributed by atoms with van der Waals surface area (Å²) >= 11 is 0. The lowest BCUT2D eigenvalue weighted by Crippen LogP contribution is -2.13. The van der Waals surface area contributed by atoms with Crippen LogP contribution < -0.4 is 0 Å². The Balaban J connectivity index is 0. The summed E-state index contributed by atoms with van der Waals surface area (Å²) in [5, 5.41) is 0. The van der Waals surface area contributed by atoms with Crippen molar-refractivity contribution in [1.29, 1.82) is 0 Å². The van der Waals surface area contributed by atoms with Gasteiger partial charge in [-0.15, -0.1) is 0 Å². The summed E-state index contributed by atoms with van der Waals surface area (Å²) in [7, 11) is 0. The van der Waals surface area contributed by atoms with Gasteiger partial charge in [-0.2, -0.15) is 0 Å². The molecule has 0 heterocycles. The maximum absolute atomic E-state index is 12.3. The molecule has 0 amide bonds. The van der Waals surface area contributed by atoms with Crippen LogP contribution in [-0.2, 0) is 4.79 Å². The molecular weight excluding hydrogens is 400 g/mol. The summed E-state index contributed by atoms with van der Waals surface area (Å²) in [5.74, 6) is 1.74. The minimum atomic E-state index is 0. The monoisotopic (exact) mass is 454 g/mol. The molecule has 2 aliphatic rings. The van der Waals surface area contributed by atoms with Gasteiger partial charge in [0, 0.05) is 19.8 Å². The molecule has 1 aromatic rings. The van der Waals surface area contributed by atoms with Crippen molar-refractivity contribution in [1.82, 2.24) is 0 Å². The Morgan fingerprint density at radius 3 is 2.12 bits per heavy atom. The Morgan fingerprint density at radius 1 is 1.03 bits per heavy atom. The summed E-state index contributed by atoms with van der Waals surface area (Å²) in [6, 6.07) is 8.63. The third-order valence-corrected chi connectivity index (χ3v) is 6.63. The van der Waals surface area contributed by atoms with Gasteiger partial charge >= 0.3 is 0 Å². The van der Waals surface area contributed by atoms with Crippen molar-refractivity contribution >= 4 is 5.78 Å². The van der Waals surface area contributed by atoms with Crippen LogP contribution in [0.1, 0.15) is 125 Å². The van der Waals surface area contributed by atoms with Crippen molar-refractivity contribution in [3.63, 3.8) is 0 Å². The zero-order valence-electron chi connectivity index (χ0n) is 23.3. The van der Waals surface area contributed by atoms with Gasteiger partial charge in [-0.3, -0.25) is 4.79 Å². The highest BCUT2D eigenvalue weighted by molar-refractivity contribution is 5.98. The second-order valence-corrected chi connectivity index (χ2v) is 8.70. The first-order valence-electron chi connectivity index (χ1n) is 13.6. The molecule has 1 fully saturated rings. The molecule has 188 valence electrons. The molecule has 1 atom stereocenters. The number of ketones is 1. The Labute approximate surface area is 208 Å². The molecule has 0 bridgehead atoms. The van der Waals surface area contributed by atoms with Crippen LogP contribution >= 0.6 is 0 Å². The molecule has 0 N–H and O–H groups in total. The number of aryl methyl sites for hydroxylation is 1. The molecule has 1 unspecified atom stereocenters. The molecule has 0 radical (unpaired) electrons. The van der Waals surface area contributed by atoms with Crippen molar-refractivity contribution in [3.05, 3.63) is 70.3 Å². The van der Waals surface area contributed by atoms with Crippen LogP contribution in [0.5, 0.6) is 0 Å². The van der Waals surface area contributed by atoms with Crippen molar-refractivity contribution in [2.75, 3.05) is 0 Å². The van der Waals surface area contributed by atoms with Gasteiger partial charge in [0.25, 0.3) is 0 Å². The van der Waals surface area contributed by atoms with Gasteiger partial charge in [0.1, 0.15) is 0 Å². The fourth-order valence-corrected chi connectivity index (χ4v) is 4.50. The molecule has 3 rings (SSSR count). The summed E-state index contributed by atoms with van der Waals surface area (Å²) in [5.41, 5.74) is 6.49. The maximum atomic E-state index is 12.3. The van der Waals surface area contributed by atoms with Crippen LogP contribution in [0, 0.1) is 12.8 Å². The average Bonchev–Trinajstić information content (AvgIpc) is 3.31. The Morgan fingerprint density at radius 2 is 1.64 bits per heavy atom. The van der Waals surface area contributed by atoms with Gasteiger partial charge in [0.2, 0.25) is 0 Å². The molecule has 2 aliphatic carbocycles. The van der Waals surface area contributed by atoms with E-state index in [1.807, 2.05) is 34.6 Å². The number of hydrogen-bond acceptors (Lipinski definition) is 1. The summed E-state index contributed by atoms with van der Waals surface area (Å²) in [6.07, 6.45) is 15.7. The van der Waals surface area contributed by atoms with Crippen LogP contribution in [0.2, 0.25) is 0 Å². The normalized spacial score (nSPS) is 18.8. The third kappa shape index (κ3) is 10.7. The highest BCUT2D eigenvalue weighted by atomic mass is 16.1. The van der Waals surface area contributed by atoms with Crippen LogP contribution in [0.15, 0.2) is 59.2 Å². The fraction of sp³-hybridized carbons (Fsp3) is 0.594. The minimum absolute atomic E-state index is 0. The zero-order chi connectivity index (χ0) is 25.2. The highest BCUT2D eigenvalue weighted by Gasteiger charge is 2.23. The van der Waals surface area contributed by atoms with Crippen LogP contribution in [-0.4, -0.2) is 5.78 Å². The van der Waals surface area contributed by atoms with E-state index in [0.29, 0.717) is 17.6 Å². The van der Waals surface area contributed by atoms with Crippen LogP contribution in [0.4, 0.5) is 0 Å². The van der Waals surface area contributed by atoms with E-state index >= 15 is 0 Å². The number of carbonyl (C=O) groups is 1. The largest absolute Gasteiger partial charge is 0.295 e. The minimum Gasteiger partial charge on any atom is -0.295 e. The predicted molar refractivity (Wildman–Crippen MR) is 151 cm³/mol. The molecule has 1 aromatic carbocycles. The fourth-order valence-electron chi connectivity index (χ4n) is 4.50. The number of benzene rings is 1. The van der Waals surface area contributed by atoms with E-state index < -0.39 is 0 Å². The zero-order valence-corrected chi connectivity index (χ0v) is 23.3. The molecule has 0 aromatic heterocycles. The molecule has 33 heavy (non-hydrogen) atoms. The first-order valence-corrected chi connectivity index (χ1v) is 13.6. The average molecular weight is 455 g/mol. The van der Waals surface area contributed by atoms with Gasteiger partial charge in [-0.05, 0) is 67.4 Å². The summed E-state index contributed by atoms with van der Waals surface area (Å²) in [4.78, 5) is 12.3. The van der Waals surface area contributed by atoms with E-state index in [0.717, 1.165) is 18.4 Å². The van der Waals surface area contributed by atoms with Crippen LogP contribution in [0.25, 0.3) is 0 Å². The van der Waals surface area contributed by atoms with E-state index in [9.17, 15) is 4.79 Å². The standard InChI is InChI=1S/C17H24O.C11H16.2C2H6.H2/c1-3-14-11-16(12-15(14)4-2)17(18)10-13-8-6-5-7-9-13;1-4-9(2)11-8-6-5-7-10(11)3;2*1-2;/h3-4,11,13H,5-10,12H2,1-2H3;5-9H,4H2,1-3H3;2*1-2H3;1H/b14-3-,15-4-;;;;. The summed E-state index contributed by atoms with van der Waals surface area (Å²) < 4.78 is 0. The van der Waals surface area contributed by atoms with Gasteiger partial charge in [0.05, 0.1) is 0 Å². The number of allylic oxidation sites excluding steroid dienone is 6. The molecular formula is C32H54O. The lowest BCUT2D eigenvalue weighted by Gasteiger charge is -2.20. The van der Waals surface area contributed by atoms with Gasteiger partial charge in [-0.1, -0.05) is 110 Å². The molecule has 1 heteroatoms. The van der Waals surface area contributed by atoms with Crippen molar-refractivity contribution in [3.8, 4) is 0 Å². The van der Waals surface area contributed by atoms with Crippen molar-refractivity contribution < 1.29 is 6.22 Å². The number of hydrogen-bond donors (Lipinski definition) is 0. The topological polar surface area (TPSA) is 17.1 Å². The lowest BCUT2D eigenvalue weighted by atomic mass is 9.84. The SMILES string of the molecule is C/C=C1/C=C(C(=O)CC2CCCCC2)C/C1=C/C.CC.CC.CCC(C)c1ccccc1C.[HH]. The molecule has 0 spiro atoms. The Bertz CT molecular complexity index is 763.